The van der Waals surface area contributed by atoms with Crippen LogP contribution in [0.25, 0.3) is 5.65 Å². The summed E-state index contributed by atoms with van der Waals surface area (Å²) in [4.78, 5) is 31.7. The molecule has 5 rings (SSSR count). The Morgan fingerprint density at radius 3 is 2.74 bits per heavy atom. The first-order valence-electron chi connectivity index (χ1n) is 11.3. The molecule has 3 heterocycles. The maximum Gasteiger partial charge on any atom is 0.254 e. The van der Waals surface area contributed by atoms with Gasteiger partial charge in [0, 0.05) is 55.3 Å². The lowest BCUT2D eigenvalue weighted by atomic mass is 9.97. The predicted octanol–water partition coefficient (Wildman–Crippen LogP) is 3.90. The number of carbonyl (C=O) groups excluding carboxylic acids is 2. The molecule has 0 saturated carbocycles. The molecular formula is C27H26N4O3. The molecule has 2 aromatic carbocycles. The minimum absolute atomic E-state index is 0.0194. The van der Waals surface area contributed by atoms with Crippen LogP contribution in [0, 0.1) is 0 Å². The van der Waals surface area contributed by atoms with Gasteiger partial charge in [0.25, 0.3) is 11.8 Å². The van der Waals surface area contributed by atoms with Crippen LogP contribution < -0.4 is 10.1 Å². The first-order chi connectivity index (χ1) is 16.6. The van der Waals surface area contributed by atoms with Crippen LogP contribution in [0.15, 0.2) is 79.3 Å². The van der Waals surface area contributed by atoms with Crippen LogP contribution in [-0.2, 0) is 6.54 Å². The van der Waals surface area contributed by atoms with E-state index in [-0.39, 0.29) is 17.7 Å². The average Bonchev–Trinajstić information content (AvgIpc) is 3.56. The Kier molecular flexibility index (Phi) is 5.99. The number of rotatable bonds is 6. The van der Waals surface area contributed by atoms with E-state index in [1.807, 2.05) is 76.3 Å². The molecule has 0 bridgehead atoms. The van der Waals surface area contributed by atoms with Crippen molar-refractivity contribution >= 4 is 17.5 Å². The summed E-state index contributed by atoms with van der Waals surface area (Å²) in [6, 6.07) is 18.9. The summed E-state index contributed by atoms with van der Waals surface area (Å²) in [6.07, 6.45) is 6.47. The zero-order chi connectivity index (χ0) is 23.5. The van der Waals surface area contributed by atoms with Crippen LogP contribution in [0.2, 0.25) is 0 Å². The third-order valence-electron chi connectivity index (χ3n) is 6.35. The summed E-state index contributed by atoms with van der Waals surface area (Å²) in [5, 5.41) is 2.97. The molecule has 1 aliphatic rings. The summed E-state index contributed by atoms with van der Waals surface area (Å²) in [5.74, 6) is 0.840. The Bertz CT molecular complexity index is 1330. The number of ether oxygens (including phenoxy) is 1. The minimum atomic E-state index is -0.115. The number of pyridine rings is 1. The summed E-state index contributed by atoms with van der Waals surface area (Å²) >= 11 is 0. The standard InChI is InChI=1S/C27H26N4O3/c1-34-24-4-2-3-22(16-24)27(33)31-13-10-23(18-31)20-5-7-21(8-6-20)26(32)29-17-19-9-12-30-14-11-28-25(30)15-19/h2-9,11-12,14-16,23H,10,13,17-18H2,1H3,(H,29,32). The van der Waals surface area contributed by atoms with Gasteiger partial charge in [-0.25, -0.2) is 4.98 Å². The third-order valence-corrected chi connectivity index (χ3v) is 6.35. The van der Waals surface area contributed by atoms with Crippen molar-refractivity contribution in [2.45, 2.75) is 18.9 Å². The Morgan fingerprint density at radius 2 is 1.91 bits per heavy atom. The fourth-order valence-electron chi connectivity index (χ4n) is 4.41. The van der Waals surface area contributed by atoms with Crippen molar-refractivity contribution in [2.24, 2.45) is 0 Å². The number of nitrogens with one attached hydrogen (secondary N) is 1. The largest absolute Gasteiger partial charge is 0.497 e. The lowest BCUT2D eigenvalue weighted by Crippen LogP contribution is -2.28. The highest BCUT2D eigenvalue weighted by molar-refractivity contribution is 5.95. The first-order valence-corrected chi connectivity index (χ1v) is 11.3. The van der Waals surface area contributed by atoms with E-state index in [4.69, 9.17) is 4.74 Å². The second-order valence-corrected chi connectivity index (χ2v) is 8.50. The Morgan fingerprint density at radius 1 is 1.06 bits per heavy atom. The van der Waals surface area contributed by atoms with Gasteiger partial charge in [0.15, 0.2) is 0 Å². The lowest BCUT2D eigenvalue weighted by molar-refractivity contribution is 0.0790. The molecule has 1 atom stereocenters. The smallest absolute Gasteiger partial charge is 0.254 e. The van der Waals surface area contributed by atoms with Gasteiger partial charge in [-0.05, 0) is 60.0 Å². The Balaban J connectivity index is 1.18. The number of methoxy groups -OCH3 is 1. The molecule has 7 heteroatoms. The summed E-state index contributed by atoms with van der Waals surface area (Å²) in [7, 11) is 1.60. The van der Waals surface area contributed by atoms with Gasteiger partial charge in [-0.2, -0.15) is 0 Å². The maximum atomic E-state index is 12.9. The highest BCUT2D eigenvalue weighted by Crippen LogP contribution is 2.29. The summed E-state index contributed by atoms with van der Waals surface area (Å²) in [5.41, 5.74) is 4.25. The molecule has 34 heavy (non-hydrogen) atoms. The van der Waals surface area contributed by atoms with Gasteiger partial charge in [0.2, 0.25) is 0 Å². The SMILES string of the molecule is COc1cccc(C(=O)N2CCC(c3ccc(C(=O)NCc4ccn5ccnc5c4)cc3)C2)c1. The van der Waals surface area contributed by atoms with Crippen LogP contribution in [0.1, 0.15) is 44.2 Å². The van der Waals surface area contributed by atoms with E-state index in [2.05, 4.69) is 10.3 Å². The molecule has 4 aromatic rings. The molecule has 1 fully saturated rings. The van der Waals surface area contributed by atoms with Crippen molar-refractivity contribution in [3.63, 3.8) is 0 Å². The van der Waals surface area contributed by atoms with Gasteiger partial charge in [-0.3, -0.25) is 9.59 Å². The molecule has 0 radical (unpaired) electrons. The van der Waals surface area contributed by atoms with Crippen LogP contribution in [0.5, 0.6) is 5.75 Å². The van der Waals surface area contributed by atoms with Gasteiger partial charge in [-0.1, -0.05) is 18.2 Å². The normalized spacial score (nSPS) is 15.4. The predicted molar refractivity (Wildman–Crippen MR) is 129 cm³/mol. The fourth-order valence-corrected chi connectivity index (χ4v) is 4.41. The number of imidazole rings is 1. The number of hydrogen-bond acceptors (Lipinski definition) is 4. The second-order valence-electron chi connectivity index (χ2n) is 8.50. The van der Waals surface area contributed by atoms with Crippen molar-refractivity contribution in [3.05, 3.63) is 102 Å². The number of carbonyl (C=O) groups is 2. The molecule has 1 saturated heterocycles. The lowest BCUT2D eigenvalue weighted by Gasteiger charge is -2.17. The number of amides is 2. The van der Waals surface area contributed by atoms with Crippen molar-refractivity contribution < 1.29 is 14.3 Å². The van der Waals surface area contributed by atoms with E-state index in [9.17, 15) is 9.59 Å². The van der Waals surface area contributed by atoms with Crippen LogP contribution in [-0.4, -0.2) is 46.3 Å². The number of benzene rings is 2. The number of aromatic nitrogens is 2. The minimum Gasteiger partial charge on any atom is -0.497 e. The fraction of sp³-hybridized carbons (Fsp3) is 0.222. The van der Waals surface area contributed by atoms with E-state index in [0.717, 1.165) is 23.2 Å². The average molecular weight is 455 g/mol. The number of hydrogen-bond donors (Lipinski definition) is 1. The number of likely N-dealkylation sites (tertiary alicyclic amines) is 1. The zero-order valence-electron chi connectivity index (χ0n) is 19.0. The summed E-state index contributed by atoms with van der Waals surface area (Å²) in [6.45, 7) is 1.82. The monoisotopic (exact) mass is 454 g/mol. The van der Waals surface area contributed by atoms with Crippen LogP contribution in [0.4, 0.5) is 0 Å². The molecular weight excluding hydrogens is 428 g/mol. The van der Waals surface area contributed by atoms with E-state index in [1.54, 1.807) is 19.4 Å². The highest BCUT2D eigenvalue weighted by atomic mass is 16.5. The van der Waals surface area contributed by atoms with Gasteiger partial charge >= 0.3 is 0 Å². The second kappa shape index (κ2) is 9.39. The van der Waals surface area contributed by atoms with Crippen molar-refractivity contribution in [1.29, 1.82) is 0 Å². The van der Waals surface area contributed by atoms with Crippen LogP contribution in [0.3, 0.4) is 0 Å². The van der Waals surface area contributed by atoms with E-state index >= 15 is 0 Å². The number of fused-ring (bicyclic) bond motifs is 1. The van der Waals surface area contributed by atoms with E-state index < -0.39 is 0 Å². The molecule has 0 aliphatic carbocycles. The highest BCUT2D eigenvalue weighted by Gasteiger charge is 2.28. The van der Waals surface area contributed by atoms with Gasteiger partial charge < -0.3 is 19.4 Å². The van der Waals surface area contributed by atoms with Crippen LogP contribution >= 0.6 is 0 Å². The molecule has 0 spiro atoms. The van der Waals surface area contributed by atoms with Crippen molar-refractivity contribution in [2.75, 3.05) is 20.2 Å². The molecule has 2 aromatic heterocycles. The quantitative estimate of drug-likeness (QED) is 0.479. The molecule has 1 aliphatic heterocycles. The topological polar surface area (TPSA) is 75.9 Å². The van der Waals surface area contributed by atoms with E-state index in [0.29, 0.717) is 36.5 Å². The van der Waals surface area contributed by atoms with Crippen molar-refractivity contribution in [1.82, 2.24) is 19.6 Å². The molecule has 7 nitrogen and oxygen atoms in total. The molecule has 1 unspecified atom stereocenters. The van der Waals surface area contributed by atoms with Crippen molar-refractivity contribution in [3.8, 4) is 5.75 Å². The molecule has 1 N–H and O–H groups in total. The zero-order valence-corrected chi connectivity index (χ0v) is 19.0. The Hall–Kier alpha value is -4.13. The first kappa shape index (κ1) is 21.7. The maximum absolute atomic E-state index is 12.9. The summed E-state index contributed by atoms with van der Waals surface area (Å²) < 4.78 is 7.17. The third kappa shape index (κ3) is 4.50. The number of nitrogens with zero attached hydrogens (tertiary/aromatic N) is 3. The van der Waals surface area contributed by atoms with E-state index in [1.165, 1.54) is 0 Å². The molecule has 2 amide bonds. The molecule has 172 valence electrons. The van der Waals surface area contributed by atoms with Gasteiger partial charge in [0.05, 0.1) is 7.11 Å². The Labute approximate surface area is 198 Å². The van der Waals surface area contributed by atoms with Gasteiger partial charge in [-0.15, -0.1) is 0 Å². The van der Waals surface area contributed by atoms with Gasteiger partial charge in [0.1, 0.15) is 11.4 Å².